The molecule has 1 atom stereocenters. The first-order chi connectivity index (χ1) is 18.2. The van der Waals surface area contributed by atoms with E-state index in [0.717, 1.165) is 11.8 Å². The second-order valence-electron chi connectivity index (χ2n) is 9.03. The van der Waals surface area contributed by atoms with E-state index < -0.39 is 11.7 Å². The molecular weight excluding hydrogens is 505 g/mol. The quantitative estimate of drug-likeness (QED) is 0.192. The van der Waals surface area contributed by atoms with Crippen molar-refractivity contribution in [1.29, 1.82) is 0 Å². The first-order valence-corrected chi connectivity index (χ1v) is 12.9. The van der Waals surface area contributed by atoms with Crippen LogP contribution < -0.4 is 4.74 Å². The lowest BCUT2D eigenvalue weighted by Crippen LogP contribution is -2.12. The van der Waals surface area contributed by atoms with Crippen LogP contribution in [0, 0.1) is 0 Å². The number of benzene rings is 1. The largest absolute Gasteiger partial charge is 0.512 e. The van der Waals surface area contributed by atoms with Crippen LogP contribution in [-0.2, 0) is 4.79 Å². The van der Waals surface area contributed by atoms with E-state index in [9.17, 15) is 18.0 Å². The number of aliphatic hydroxyl groups excluding tert-OH is 1. The molecular formula is C32H43F3O4. The topological polar surface area (TPSA) is 59.7 Å². The van der Waals surface area contributed by atoms with Crippen LogP contribution in [-0.4, -0.2) is 24.2 Å². The Morgan fingerprint density at radius 2 is 1.69 bits per heavy atom. The van der Waals surface area contributed by atoms with Gasteiger partial charge in [-0.05, 0) is 94.4 Å². The molecule has 2 aromatic rings. The van der Waals surface area contributed by atoms with E-state index in [0.29, 0.717) is 22.6 Å². The molecule has 1 unspecified atom stereocenters. The van der Waals surface area contributed by atoms with Gasteiger partial charge in [-0.2, -0.15) is 13.2 Å². The summed E-state index contributed by atoms with van der Waals surface area (Å²) < 4.78 is 48.2. The summed E-state index contributed by atoms with van der Waals surface area (Å²) in [5, 5.41) is 8.65. The van der Waals surface area contributed by atoms with Gasteiger partial charge in [-0.25, -0.2) is 0 Å². The van der Waals surface area contributed by atoms with E-state index >= 15 is 0 Å². The number of carbonyl (C=O) groups excluding carboxylic acids is 1. The number of furan rings is 1. The van der Waals surface area contributed by atoms with Crippen molar-refractivity contribution in [2.75, 3.05) is 7.11 Å². The second kappa shape index (κ2) is 17.9. The van der Waals surface area contributed by atoms with E-state index in [1.807, 2.05) is 12.1 Å². The van der Waals surface area contributed by atoms with Crippen molar-refractivity contribution >= 4 is 11.4 Å². The molecule has 4 nitrogen and oxygen atoms in total. The molecule has 0 fully saturated rings. The molecule has 1 heterocycles. The molecule has 1 aromatic carbocycles. The van der Waals surface area contributed by atoms with E-state index in [-0.39, 0.29) is 17.1 Å². The van der Waals surface area contributed by atoms with E-state index in [2.05, 4.69) is 32.6 Å². The van der Waals surface area contributed by atoms with Gasteiger partial charge in [-0.3, -0.25) is 4.79 Å². The zero-order valence-corrected chi connectivity index (χ0v) is 24.4. The Kier molecular flexibility index (Phi) is 16.3. The lowest BCUT2D eigenvalue weighted by atomic mass is 9.92. The van der Waals surface area contributed by atoms with Crippen LogP contribution in [0.5, 0.6) is 5.75 Å². The molecule has 2 rings (SSSR count). The Bertz CT molecular complexity index is 1100. The van der Waals surface area contributed by atoms with Gasteiger partial charge in [-0.15, -0.1) is 0 Å². The van der Waals surface area contributed by atoms with Crippen molar-refractivity contribution in [1.82, 2.24) is 0 Å². The maximum Gasteiger partial charge on any atom is 0.416 e. The van der Waals surface area contributed by atoms with Crippen LogP contribution >= 0.6 is 0 Å². The lowest BCUT2D eigenvalue weighted by molar-refractivity contribution is -0.113. The molecule has 216 valence electrons. The van der Waals surface area contributed by atoms with E-state index in [1.165, 1.54) is 58.1 Å². The molecule has 0 saturated carbocycles. The van der Waals surface area contributed by atoms with Gasteiger partial charge >= 0.3 is 6.18 Å². The standard InChI is InChI=1S/C13H13F3O.C13H20O.C6H10O2/c1-4-10(11-5-6-17-8-11)7-12(9(2)3)13(14,15)16;1-4-6-11(5-2)12-7-9-13(14-3)10-8-12;1-4(5(2)7)6(3)8/h4-8H,2H2,1,3H3;7-11H,4-6H2,1-3H3;7H,1-3H3/b10-4+,12-7+;;5-4-. The molecule has 0 amide bonds. The Morgan fingerprint density at radius 1 is 1.10 bits per heavy atom. The maximum absolute atomic E-state index is 12.7. The summed E-state index contributed by atoms with van der Waals surface area (Å²) in [6.45, 7) is 15.4. The number of ether oxygens (including phenoxy) is 1. The number of allylic oxidation sites excluding steroid dienone is 7. The zero-order valence-electron chi connectivity index (χ0n) is 24.4. The van der Waals surface area contributed by atoms with Crippen LogP contribution in [0.4, 0.5) is 13.2 Å². The van der Waals surface area contributed by atoms with Crippen molar-refractivity contribution in [2.24, 2.45) is 0 Å². The molecule has 0 radical (unpaired) electrons. The number of ketones is 1. The second-order valence-corrected chi connectivity index (χ2v) is 9.03. The normalized spacial score (nSPS) is 13.2. The molecule has 0 aliphatic heterocycles. The number of alkyl halides is 3. The molecule has 0 aliphatic carbocycles. The minimum atomic E-state index is -4.40. The van der Waals surface area contributed by atoms with Crippen molar-refractivity contribution in [3.8, 4) is 5.75 Å². The Hall–Kier alpha value is -3.48. The summed E-state index contributed by atoms with van der Waals surface area (Å²) in [6.07, 6.45) is 4.85. The summed E-state index contributed by atoms with van der Waals surface area (Å²) in [5.41, 5.74) is 2.19. The Morgan fingerprint density at radius 3 is 2.00 bits per heavy atom. The first kappa shape index (κ1) is 35.5. The van der Waals surface area contributed by atoms with Gasteiger partial charge in [-0.1, -0.05) is 45.1 Å². The highest BCUT2D eigenvalue weighted by atomic mass is 19.4. The average Bonchev–Trinajstić information content (AvgIpc) is 3.42. The van der Waals surface area contributed by atoms with Crippen molar-refractivity contribution in [2.45, 2.75) is 79.8 Å². The maximum atomic E-state index is 12.7. The predicted octanol–water partition coefficient (Wildman–Crippen LogP) is 10.2. The Balaban J connectivity index is 0.000000592. The zero-order chi connectivity index (χ0) is 30.2. The Labute approximate surface area is 231 Å². The highest BCUT2D eigenvalue weighted by molar-refractivity contribution is 5.92. The van der Waals surface area contributed by atoms with Gasteiger partial charge in [0.15, 0.2) is 5.78 Å². The summed E-state index contributed by atoms with van der Waals surface area (Å²) in [5.74, 6) is 1.69. The van der Waals surface area contributed by atoms with Gasteiger partial charge in [0, 0.05) is 11.1 Å². The fourth-order valence-electron chi connectivity index (χ4n) is 3.45. The summed E-state index contributed by atoms with van der Waals surface area (Å²) >= 11 is 0. The third-order valence-electron chi connectivity index (χ3n) is 6.02. The SMILES string of the molecule is C=C(C)/C(=C\C(=C/C)c1ccoc1)C(F)(F)F.CC(=O)/C(C)=C(/C)O.CCCC(CC)c1ccc(OC)cc1. The van der Waals surface area contributed by atoms with Gasteiger partial charge in [0.2, 0.25) is 0 Å². The van der Waals surface area contributed by atoms with Crippen molar-refractivity contribution < 1.29 is 32.2 Å². The van der Waals surface area contributed by atoms with Crippen molar-refractivity contribution in [3.05, 3.63) is 95.2 Å². The number of halogens is 3. The molecule has 39 heavy (non-hydrogen) atoms. The number of hydrogen-bond acceptors (Lipinski definition) is 4. The van der Waals surface area contributed by atoms with Crippen LogP contribution in [0.3, 0.4) is 0 Å². The third-order valence-corrected chi connectivity index (χ3v) is 6.02. The minimum Gasteiger partial charge on any atom is -0.512 e. The van der Waals surface area contributed by atoms with Crippen LogP contribution in [0.15, 0.2) is 88.5 Å². The summed E-state index contributed by atoms with van der Waals surface area (Å²) in [6, 6.07) is 10.1. The number of Topliss-reactive ketones (excluding diaryl/α,β-unsaturated/α-hetero) is 1. The number of carbonyl (C=O) groups is 1. The smallest absolute Gasteiger partial charge is 0.416 e. The highest BCUT2D eigenvalue weighted by Gasteiger charge is 2.34. The molecule has 1 aromatic heterocycles. The summed E-state index contributed by atoms with van der Waals surface area (Å²) in [7, 11) is 1.71. The fraction of sp³-hybridized carbons (Fsp3) is 0.406. The number of aliphatic hydroxyl groups is 1. The van der Waals surface area contributed by atoms with Crippen LogP contribution in [0.25, 0.3) is 5.57 Å². The minimum absolute atomic E-state index is 0.0136. The van der Waals surface area contributed by atoms with Crippen LogP contribution in [0.2, 0.25) is 0 Å². The number of hydrogen-bond donors (Lipinski definition) is 1. The third kappa shape index (κ3) is 13.2. The summed E-state index contributed by atoms with van der Waals surface area (Å²) in [4.78, 5) is 10.4. The van der Waals surface area contributed by atoms with E-state index in [1.54, 1.807) is 33.1 Å². The van der Waals surface area contributed by atoms with E-state index in [4.69, 9.17) is 14.3 Å². The van der Waals surface area contributed by atoms with Crippen LogP contribution in [0.1, 0.15) is 84.8 Å². The van der Waals surface area contributed by atoms with Gasteiger partial charge in [0.1, 0.15) is 5.75 Å². The van der Waals surface area contributed by atoms with Gasteiger partial charge in [0.25, 0.3) is 0 Å². The lowest BCUT2D eigenvalue weighted by Gasteiger charge is -2.14. The molecule has 7 heteroatoms. The molecule has 1 N–H and O–H groups in total. The number of rotatable bonds is 9. The molecule has 0 spiro atoms. The van der Waals surface area contributed by atoms with Gasteiger partial charge in [0.05, 0.1) is 31.0 Å². The van der Waals surface area contributed by atoms with Crippen molar-refractivity contribution in [3.63, 3.8) is 0 Å². The van der Waals surface area contributed by atoms with Gasteiger partial charge < -0.3 is 14.3 Å². The number of methoxy groups -OCH3 is 1. The average molecular weight is 549 g/mol. The molecule has 0 bridgehead atoms. The molecule has 0 saturated heterocycles. The predicted molar refractivity (Wildman–Crippen MR) is 154 cm³/mol. The highest BCUT2D eigenvalue weighted by Crippen LogP contribution is 2.33. The molecule has 0 aliphatic rings. The first-order valence-electron chi connectivity index (χ1n) is 12.9. The monoisotopic (exact) mass is 548 g/mol. The fourth-order valence-corrected chi connectivity index (χ4v) is 3.45.